The van der Waals surface area contributed by atoms with E-state index in [1.165, 1.54) is 0 Å². The Morgan fingerprint density at radius 3 is 2.53 bits per heavy atom. The van der Waals surface area contributed by atoms with Crippen molar-refractivity contribution in [1.82, 2.24) is 19.0 Å². The van der Waals surface area contributed by atoms with Gasteiger partial charge in [-0.05, 0) is 31.0 Å². The van der Waals surface area contributed by atoms with E-state index >= 15 is 0 Å². The molecule has 0 unspecified atom stereocenters. The monoisotopic (exact) mass is 404 g/mol. The number of aryl methyl sites for hydroxylation is 1. The number of likely N-dealkylation sites (tertiary alicyclic amines) is 1. The van der Waals surface area contributed by atoms with Gasteiger partial charge < -0.3 is 24.2 Å². The Morgan fingerprint density at radius 2 is 1.73 bits per heavy atom. The third-order valence-corrected chi connectivity index (χ3v) is 6.50. The maximum absolute atomic E-state index is 11.2. The van der Waals surface area contributed by atoms with Gasteiger partial charge in [0.05, 0.1) is 35.6 Å². The van der Waals surface area contributed by atoms with Gasteiger partial charge in [-0.3, -0.25) is 0 Å². The largest absolute Gasteiger partial charge is 0.388 e. The Labute approximate surface area is 176 Å². The molecule has 2 aromatic heterocycles. The van der Waals surface area contributed by atoms with Crippen molar-refractivity contribution in [2.45, 2.75) is 31.1 Å². The molecule has 1 atom stereocenters. The third-order valence-electron chi connectivity index (χ3n) is 6.50. The fraction of sp³-hybridized carbons (Fsp3) is 0.375. The molecule has 2 N–H and O–H groups in total. The highest BCUT2D eigenvalue weighted by Crippen LogP contribution is 2.30. The van der Waals surface area contributed by atoms with Crippen LogP contribution in [0.25, 0.3) is 21.9 Å². The molecule has 4 aromatic rings. The van der Waals surface area contributed by atoms with E-state index in [0.717, 1.165) is 40.6 Å². The molecule has 156 valence electrons. The van der Waals surface area contributed by atoms with E-state index in [4.69, 9.17) is 0 Å². The van der Waals surface area contributed by atoms with Crippen molar-refractivity contribution in [3.63, 3.8) is 0 Å². The summed E-state index contributed by atoms with van der Waals surface area (Å²) in [5, 5.41) is 23.2. The zero-order valence-electron chi connectivity index (χ0n) is 17.3. The first-order valence-corrected chi connectivity index (χ1v) is 10.6. The van der Waals surface area contributed by atoms with Gasteiger partial charge in [0.15, 0.2) is 0 Å². The fourth-order valence-electron chi connectivity index (χ4n) is 4.74. The van der Waals surface area contributed by atoms with Crippen LogP contribution in [0.5, 0.6) is 0 Å². The van der Waals surface area contributed by atoms with Crippen molar-refractivity contribution in [1.29, 1.82) is 0 Å². The van der Waals surface area contributed by atoms with E-state index in [0.29, 0.717) is 25.9 Å². The van der Waals surface area contributed by atoms with Crippen molar-refractivity contribution >= 4 is 21.9 Å². The number of hydrogen-bond donors (Lipinski definition) is 2. The first-order valence-electron chi connectivity index (χ1n) is 10.6. The highest BCUT2D eigenvalue weighted by molar-refractivity contribution is 5.84. The van der Waals surface area contributed by atoms with E-state index in [-0.39, 0.29) is 0 Å². The van der Waals surface area contributed by atoms with Crippen molar-refractivity contribution in [3.8, 4) is 0 Å². The number of benzene rings is 2. The maximum atomic E-state index is 11.2. The number of piperidine rings is 1. The minimum atomic E-state index is -0.746. The zero-order valence-corrected chi connectivity index (χ0v) is 17.3. The lowest BCUT2D eigenvalue weighted by molar-refractivity contribution is -0.0407. The number of para-hydroxylation sites is 3. The summed E-state index contributed by atoms with van der Waals surface area (Å²) in [6.45, 7) is 2.67. The summed E-state index contributed by atoms with van der Waals surface area (Å²) < 4.78 is 4.12. The molecule has 0 radical (unpaired) electrons. The fourth-order valence-corrected chi connectivity index (χ4v) is 4.74. The quantitative estimate of drug-likeness (QED) is 0.537. The molecule has 0 spiro atoms. The second kappa shape index (κ2) is 7.54. The summed E-state index contributed by atoms with van der Waals surface area (Å²) in [5.41, 5.74) is 3.37. The molecule has 3 heterocycles. The molecule has 6 heteroatoms. The highest BCUT2D eigenvalue weighted by atomic mass is 16.3. The molecule has 0 bridgehead atoms. The van der Waals surface area contributed by atoms with E-state index in [9.17, 15) is 10.2 Å². The topological polar surface area (TPSA) is 66.4 Å². The molecule has 1 fully saturated rings. The van der Waals surface area contributed by atoms with Gasteiger partial charge in [-0.2, -0.15) is 0 Å². The Morgan fingerprint density at radius 1 is 1.03 bits per heavy atom. The number of rotatable bonds is 5. The molecule has 30 heavy (non-hydrogen) atoms. The first-order chi connectivity index (χ1) is 14.5. The predicted octanol–water partition coefficient (Wildman–Crippen LogP) is 3.09. The summed E-state index contributed by atoms with van der Waals surface area (Å²) in [5.74, 6) is 0. The number of imidazole rings is 1. The van der Waals surface area contributed by atoms with Crippen molar-refractivity contribution in [3.05, 3.63) is 66.6 Å². The number of aromatic nitrogens is 3. The number of aliphatic hydroxyl groups excluding tert-OH is 1. The number of fused-ring (bicyclic) bond motifs is 2. The van der Waals surface area contributed by atoms with Crippen LogP contribution < -0.4 is 0 Å². The Balaban J connectivity index is 1.24. The molecule has 5 rings (SSSR count). The van der Waals surface area contributed by atoms with E-state index in [1.807, 2.05) is 56.0 Å². The van der Waals surface area contributed by atoms with Crippen molar-refractivity contribution in [2.24, 2.45) is 7.05 Å². The Kier molecular flexibility index (Phi) is 4.85. The minimum Gasteiger partial charge on any atom is -0.388 e. The average Bonchev–Trinajstić information content (AvgIpc) is 3.31. The lowest BCUT2D eigenvalue weighted by Crippen LogP contribution is -2.47. The highest BCUT2D eigenvalue weighted by Gasteiger charge is 2.34. The van der Waals surface area contributed by atoms with Crippen LogP contribution in [-0.4, -0.2) is 54.5 Å². The van der Waals surface area contributed by atoms with Crippen molar-refractivity contribution in [2.75, 3.05) is 19.6 Å². The second-order valence-corrected chi connectivity index (χ2v) is 8.61. The van der Waals surface area contributed by atoms with Crippen LogP contribution in [0.2, 0.25) is 0 Å². The summed E-state index contributed by atoms with van der Waals surface area (Å²) >= 11 is 0. The van der Waals surface area contributed by atoms with Crippen LogP contribution in [0.1, 0.15) is 24.5 Å². The first kappa shape index (κ1) is 19.3. The van der Waals surface area contributed by atoms with Gasteiger partial charge >= 0.3 is 0 Å². The van der Waals surface area contributed by atoms with Gasteiger partial charge in [-0.1, -0.05) is 30.3 Å². The molecule has 1 aliphatic rings. The molecular formula is C24H28N4O2. The number of hydrogen-bond acceptors (Lipinski definition) is 4. The number of aliphatic hydroxyl groups is 2. The standard InChI is InChI=1S/C24H28N4O2/c1-26-14-19(18-6-2-4-8-21(18)26)23(29)15-27-12-10-24(30,11-13-27)16-28-17-25-20-7-3-5-9-22(20)28/h2-9,14,17,23,29-30H,10-13,15-16H2,1H3/t23-/m0/s1. The smallest absolute Gasteiger partial charge is 0.0959 e. The van der Waals surface area contributed by atoms with E-state index in [2.05, 4.69) is 31.2 Å². The lowest BCUT2D eigenvalue weighted by atomic mass is 9.91. The van der Waals surface area contributed by atoms with E-state index < -0.39 is 11.7 Å². The third kappa shape index (κ3) is 3.51. The van der Waals surface area contributed by atoms with Crippen LogP contribution in [0, 0.1) is 0 Å². The van der Waals surface area contributed by atoms with Crippen LogP contribution in [-0.2, 0) is 13.6 Å². The van der Waals surface area contributed by atoms with Crippen LogP contribution in [0.15, 0.2) is 61.1 Å². The number of nitrogens with zero attached hydrogens (tertiary/aromatic N) is 4. The normalized spacial score (nSPS) is 18.2. The average molecular weight is 405 g/mol. The Hall–Kier alpha value is -2.67. The summed E-state index contributed by atoms with van der Waals surface area (Å²) in [6.07, 6.45) is 4.67. The second-order valence-electron chi connectivity index (χ2n) is 8.61. The van der Waals surface area contributed by atoms with Gasteiger partial charge in [0, 0.05) is 49.3 Å². The summed E-state index contributed by atoms with van der Waals surface area (Å²) in [7, 11) is 2.01. The molecule has 1 aliphatic heterocycles. The lowest BCUT2D eigenvalue weighted by Gasteiger charge is -2.39. The molecule has 0 amide bonds. The predicted molar refractivity (Wildman–Crippen MR) is 118 cm³/mol. The van der Waals surface area contributed by atoms with Crippen LogP contribution in [0.3, 0.4) is 0 Å². The number of β-amino-alcohol motifs (C(OH)–C–C–N with tert-alkyl or cyclic N) is 1. The summed E-state index contributed by atoms with van der Waals surface area (Å²) in [4.78, 5) is 6.69. The SMILES string of the molecule is Cn1cc([C@@H](O)CN2CCC(O)(Cn3cnc4ccccc43)CC2)c2ccccc21. The van der Waals surface area contributed by atoms with Crippen LogP contribution in [0.4, 0.5) is 0 Å². The molecule has 1 saturated heterocycles. The van der Waals surface area contributed by atoms with Gasteiger partial charge in [-0.25, -0.2) is 4.98 Å². The summed E-state index contributed by atoms with van der Waals surface area (Å²) in [6, 6.07) is 16.2. The van der Waals surface area contributed by atoms with Gasteiger partial charge in [0.2, 0.25) is 0 Å². The molecule has 6 nitrogen and oxygen atoms in total. The molecule has 2 aromatic carbocycles. The molecule has 0 aliphatic carbocycles. The van der Waals surface area contributed by atoms with Gasteiger partial charge in [0.25, 0.3) is 0 Å². The van der Waals surface area contributed by atoms with E-state index in [1.54, 1.807) is 0 Å². The van der Waals surface area contributed by atoms with Crippen LogP contribution >= 0.6 is 0 Å². The molecular weight excluding hydrogens is 376 g/mol. The van der Waals surface area contributed by atoms with Crippen molar-refractivity contribution < 1.29 is 10.2 Å². The minimum absolute atomic E-state index is 0.542. The van der Waals surface area contributed by atoms with Gasteiger partial charge in [-0.15, -0.1) is 0 Å². The zero-order chi connectivity index (χ0) is 20.7. The maximum Gasteiger partial charge on any atom is 0.0959 e. The Bertz CT molecular complexity index is 1170. The molecule has 0 saturated carbocycles. The van der Waals surface area contributed by atoms with Gasteiger partial charge in [0.1, 0.15) is 0 Å².